The Bertz CT molecular complexity index is 1730. The van der Waals surface area contributed by atoms with Gasteiger partial charge in [0.1, 0.15) is 19.3 Å². The third-order valence-corrected chi connectivity index (χ3v) is 17.9. The van der Waals surface area contributed by atoms with Gasteiger partial charge in [0, 0.05) is 12.8 Å². The van der Waals surface area contributed by atoms with Crippen LogP contribution in [0.25, 0.3) is 0 Å². The van der Waals surface area contributed by atoms with Gasteiger partial charge >= 0.3 is 13.8 Å². The number of rotatable bonds is 69. The topological polar surface area (TPSA) is 111 Å². The second-order valence-electron chi connectivity index (χ2n) is 26.8. The Labute approximate surface area is 546 Å². The highest BCUT2D eigenvalue weighted by atomic mass is 31.2. The van der Waals surface area contributed by atoms with Gasteiger partial charge in [-0.25, -0.2) is 4.57 Å². The summed E-state index contributed by atoms with van der Waals surface area (Å²) in [5.74, 6) is -0.504. The minimum Gasteiger partial charge on any atom is -0.456 e. The van der Waals surface area contributed by atoms with Gasteiger partial charge in [-0.05, 0) is 102 Å². The molecule has 0 aromatic rings. The zero-order valence-electron chi connectivity index (χ0n) is 59.0. The minimum atomic E-state index is -4.46. The van der Waals surface area contributed by atoms with Gasteiger partial charge in [-0.1, -0.05) is 319 Å². The normalized spacial score (nSPS) is 13.9. The average Bonchev–Trinajstić information content (AvgIpc) is 3.53. The fourth-order valence-corrected chi connectivity index (χ4v) is 11.8. The molecule has 3 atom stereocenters. The molecular formula is C78H146N2O7P+. The number of nitrogens with zero attached hydrogens (tertiary/aromatic N) is 1. The maximum atomic E-state index is 13.6. The molecule has 0 aromatic carbocycles. The third-order valence-electron chi connectivity index (χ3n) is 16.9. The first-order chi connectivity index (χ1) is 42.9. The number of allylic oxidation sites excluding steroid dienone is 11. The summed E-state index contributed by atoms with van der Waals surface area (Å²) in [5.41, 5.74) is 0. The van der Waals surface area contributed by atoms with Gasteiger partial charge in [0.05, 0.1) is 33.8 Å². The molecule has 0 aliphatic rings. The lowest BCUT2D eigenvalue weighted by Crippen LogP contribution is -2.47. The molecule has 2 N–H and O–H groups in total. The van der Waals surface area contributed by atoms with E-state index in [1.165, 1.54) is 238 Å². The van der Waals surface area contributed by atoms with E-state index in [0.717, 1.165) is 89.9 Å². The Balaban J connectivity index is 5.00. The molecule has 88 heavy (non-hydrogen) atoms. The summed E-state index contributed by atoms with van der Waals surface area (Å²) in [5, 5.41) is 3.07. The number of ether oxygens (including phenoxy) is 1. The van der Waals surface area contributed by atoms with E-state index in [9.17, 15) is 19.0 Å². The van der Waals surface area contributed by atoms with E-state index in [4.69, 9.17) is 13.8 Å². The summed E-state index contributed by atoms with van der Waals surface area (Å²) >= 11 is 0. The number of likely N-dealkylation sites (N-methyl/N-ethyl adjacent to an activating group) is 1. The Kier molecular flexibility index (Phi) is 65.4. The van der Waals surface area contributed by atoms with Crippen LogP contribution in [0.4, 0.5) is 0 Å². The average molecular weight is 1260 g/mol. The summed E-state index contributed by atoms with van der Waals surface area (Å²) in [7, 11) is 1.49. The van der Waals surface area contributed by atoms with Crippen molar-refractivity contribution in [1.82, 2.24) is 5.32 Å². The van der Waals surface area contributed by atoms with Crippen LogP contribution in [0, 0.1) is 0 Å². The minimum absolute atomic E-state index is 0.0371. The summed E-state index contributed by atoms with van der Waals surface area (Å²) in [6.45, 7) is 7.01. The monoisotopic (exact) mass is 1250 g/mol. The zero-order chi connectivity index (χ0) is 64.2. The first-order valence-electron chi connectivity index (χ1n) is 37.8. The van der Waals surface area contributed by atoms with Crippen molar-refractivity contribution in [3.63, 3.8) is 0 Å². The van der Waals surface area contributed by atoms with Gasteiger partial charge in [0.2, 0.25) is 5.91 Å². The maximum absolute atomic E-state index is 13.6. The van der Waals surface area contributed by atoms with Crippen LogP contribution in [-0.2, 0) is 27.9 Å². The number of amides is 1. The molecule has 0 aliphatic heterocycles. The number of esters is 1. The Morgan fingerprint density at radius 2 is 0.693 bits per heavy atom. The molecule has 0 aliphatic carbocycles. The van der Waals surface area contributed by atoms with Crippen LogP contribution in [0.5, 0.6) is 0 Å². The predicted octanol–water partition coefficient (Wildman–Crippen LogP) is 24.3. The highest BCUT2D eigenvalue weighted by Crippen LogP contribution is 2.43. The second kappa shape index (κ2) is 67.3. The molecule has 0 radical (unpaired) electrons. The lowest BCUT2D eigenvalue weighted by atomic mass is 10.0. The first-order valence-corrected chi connectivity index (χ1v) is 39.3. The van der Waals surface area contributed by atoms with Crippen molar-refractivity contribution in [2.45, 2.75) is 373 Å². The highest BCUT2D eigenvalue weighted by Gasteiger charge is 2.30. The van der Waals surface area contributed by atoms with Gasteiger partial charge in [-0.2, -0.15) is 0 Å². The van der Waals surface area contributed by atoms with E-state index in [-0.39, 0.29) is 25.1 Å². The molecule has 0 spiro atoms. The Morgan fingerprint density at radius 1 is 0.398 bits per heavy atom. The molecule has 0 saturated heterocycles. The van der Waals surface area contributed by atoms with Crippen LogP contribution >= 0.6 is 7.82 Å². The fraction of sp³-hybridized carbons (Fsp3) is 0.821. The van der Waals surface area contributed by atoms with E-state index in [1.807, 2.05) is 33.3 Å². The maximum Gasteiger partial charge on any atom is 0.472 e. The molecule has 0 saturated carbocycles. The summed E-state index contributed by atoms with van der Waals surface area (Å²) < 4.78 is 30.9. The van der Waals surface area contributed by atoms with Crippen molar-refractivity contribution < 1.29 is 37.3 Å². The number of nitrogens with one attached hydrogen (secondary N) is 1. The van der Waals surface area contributed by atoms with E-state index in [0.29, 0.717) is 23.9 Å². The second-order valence-corrected chi connectivity index (χ2v) is 28.3. The number of carbonyl (C=O) groups excluding carboxylic acids is 2. The molecule has 10 heteroatoms. The van der Waals surface area contributed by atoms with Crippen LogP contribution in [-0.4, -0.2) is 74.3 Å². The molecule has 9 nitrogen and oxygen atoms in total. The van der Waals surface area contributed by atoms with Crippen molar-refractivity contribution in [3.05, 3.63) is 72.9 Å². The zero-order valence-corrected chi connectivity index (χ0v) is 59.9. The van der Waals surface area contributed by atoms with Crippen molar-refractivity contribution in [3.8, 4) is 0 Å². The highest BCUT2D eigenvalue weighted by molar-refractivity contribution is 7.47. The third kappa shape index (κ3) is 67.8. The molecule has 0 rings (SSSR count). The Hall–Kier alpha value is -2.55. The Morgan fingerprint density at radius 3 is 1.07 bits per heavy atom. The number of phosphoric acid groups is 1. The van der Waals surface area contributed by atoms with E-state index in [1.54, 1.807) is 0 Å². The summed E-state index contributed by atoms with van der Waals surface area (Å²) in [6, 6.07) is -0.857. The smallest absolute Gasteiger partial charge is 0.456 e. The van der Waals surface area contributed by atoms with Gasteiger partial charge in [0.15, 0.2) is 0 Å². The molecule has 0 aromatic heterocycles. The van der Waals surface area contributed by atoms with Crippen LogP contribution in [0.1, 0.15) is 361 Å². The van der Waals surface area contributed by atoms with Crippen molar-refractivity contribution in [1.29, 1.82) is 0 Å². The number of unbranched alkanes of at least 4 members (excludes halogenated alkanes) is 43. The van der Waals surface area contributed by atoms with Gasteiger partial charge in [0.25, 0.3) is 0 Å². The van der Waals surface area contributed by atoms with Crippen LogP contribution in [0.15, 0.2) is 72.9 Å². The molecule has 3 unspecified atom stereocenters. The largest absolute Gasteiger partial charge is 0.472 e. The van der Waals surface area contributed by atoms with Crippen molar-refractivity contribution >= 4 is 19.7 Å². The number of carbonyl (C=O) groups is 2. The fourth-order valence-electron chi connectivity index (χ4n) is 11.0. The number of hydrogen-bond donors (Lipinski definition) is 2. The van der Waals surface area contributed by atoms with Gasteiger partial charge < -0.3 is 19.4 Å². The van der Waals surface area contributed by atoms with E-state index in [2.05, 4.69) is 86.8 Å². The SMILES string of the molecule is CCCCC/C=C\C/C=C\C/C=C\C/C=C\CCCCCCCCCC(=O)NC(COP(=O)(O)OCC[N+](C)(C)C)C(/C=C/CCCCCCCCCCCC)OC(=O)CCCCCCCCCCCCCCCCCCC/C=C/CCCCCCCC. The van der Waals surface area contributed by atoms with Crippen LogP contribution in [0.3, 0.4) is 0 Å². The van der Waals surface area contributed by atoms with Gasteiger partial charge in [-0.15, -0.1) is 0 Å². The molecule has 514 valence electrons. The van der Waals surface area contributed by atoms with Gasteiger partial charge in [-0.3, -0.25) is 18.6 Å². The molecule has 1 amide bonds. The number of quaternary nitrogens is 1. The predicted molar refractivity (Wildman–Crippen MR) is 383 cm³/mol. The number of hydrogen-bond acceptors (Lipinski definition) is 6. The lowest BCUT2D eigenvalue weighted by Gasteiger charge is -2.27. The molecule has 0 heterocycles. The quantitative estimate of drug-likeness (QED) is 0.0205. The van der Waals surface area contributed by atoms with E-state index >= 15 is 0 Å². The summed E-state index contributed by atoms with van der Waals surface area (Å²) in [4.78, 5) is 38.0. The molecular weight excluding hydrogens is 1110 g/mol. The van der Waals surface area contributed by atoms with Crippen molar-refractivity contribution in [2.75, 3.05) is 40.9 Å². The number of phosphoric ester groups is 1. The lowest BCUT2D eigenvalue weighted by molar-refractivity contribution is -0.870. The summed E-state index contributed by atoms with van der Waals surface area (Å²) in [6.07, 6.45) is 89.2. The van der Waals surface area contributed by atoms with Crippen LogP contribution < -0.4 is 5.32 Å². The van der Waals surface area contributed by atoms with Crippen molar-refractivity contribution in [2.24, 2.45) is 0 Å². The molecule has 0 fully saturated rings. The molecule has 0 bridgehead atoms. The van der Waals surface area contributed by atoms with E-state index < -0.39 is 20.0 Å². The first kappa shape index (κ1) is 85.5. The standard InChI is InChI=1S/C78H145N2O7P/c1-7-10-13-16-19-22-25-28-30-32-34-36-38-39-40-41-43-45-47-49-51-53-56-59-62-65-68-71-78(82)87-76(69-66-63-60-57-54-27-24-21-18-15-12-9-3)75(74-86-88(83,84)85-73-72-80(4,5)6)79-77(81)70-67-64-61-58-55-52-50-48-46-44-42-37-35-33-31-29-26-23-20-17-14-11-8-2/h20,23,28-31,35,37,44,46,66,69,75-76H,7-19,21-22,24-27,32-34,36,38-43,45,47-65,67-68,70-74H2,1-6H3,(H-,79,81,83,84)/p+1/b23-20-,30-28+,31-29-,37-35-,46-44-,69-66+. The van der Waals surface area contributed by atoms with Crippen LogP contribution in [0.2, 0.25) is 0 Å².